The third-order valence-electron chi connectivity index (χ3n) is 2.62. The van der Waals surface area contributed by atoms with Crippen LogP contribution in [0.2, 0.25) is 0 Å². The monoisotopic (exact) mass is 309 g/mol. The van der Waals surface area contributed by atoms with Crippen molar-refractivity contribution in [2.24, 2.45) is 5.73 Å². The first-order valence-electron chi connectivity index (χ1n) is 5.53. The van der Waals surface area contributed by atoms with Crippen molar-refractivity contribution in [2.45, 2.75) is 13.5 Å². The number of hydrogen-bond donors (Lipinski definition) is 1. The second-order valence-corrected chi connectivity index (χ2v) is 4.86. The smallest absolute Gasteiger partial charge is 0.168 e. The molecule has 0 amide bonds. The quantitative estimate of drug-likeness (QED) is 0.924. The molecular weight excluding hydrogens is 297 g/mol. The van der Waals surface area contributed by atoms with Gasteiger partial charge in [-0.15, -0.1) is 0 Å². The highest BCUT2D eigenvalue weighted by Gasteiger charge is 2.09. The lowest BCUT2D eigenvalue weighted by Gasteiger charge is -2.11. The molecule has 0 aliphatic heterocycles. The zero-order valence-corrected chi connectivity index (χ0v) is 11.5. The van der Waals surface area contributed by atoms with Crippen LogP contribution >= 0.6 is 15.9 Å². The van der Waals surface area contributed by atoms with E-state index in [1.165, 1.54) is 0 Å². The highest BCUT2D eigenvalue weighted by Crippen LogP contribution is 2.30. The average Bonchev–Trinajstić information content (AvgIpc) is 2.37. The predicted molar refractivity (Wildman–Crippen MR) is 73.2 cm³/mol. The van der Waals surface area contributed by atoms with E-state index in [0.29, 0.717) is 17.9 Å². The Bertz CT molecular complexity index is 572. The summed E-state index contributed by atoms with van der Waals surface area (Å²) in [6.07, 6.45) is 0. The fourth-order valence-electron chi connectivity index (χ4n) is 1.62. The van der Waals surface area contributed by atoms with Gasteiger partial charge in [-0.25, -0.2) is 4.39 Å². The standard InChI is InChI=1S/C14H13BrFNO/c1-9-3-2-4-13(14(9)16)18-12-6-5-11(15)7-10(12)8-17/h2-7H,8,17H2,1H3. The van der Waals surface area contributed by atoms with Crippen LogP contribution in [0.5, 0.6) is 11.5 Å². The Morgan fingerprint density at radius 1 is 1.22 bits per heavy atom. The molecule has 2 nitrogen and oxygen atoms in total. The molecule has 0 aliphatic carbocycles. The van der Waals surface area contributed by atoms with E-state index < -0.39 is 0 Å². The molecule has 0 spiro atoms. The van der Waals surface area contributed by atoms with Crippen LogP contribution in [0.4, 0.5) is 4.39 Å². The van der Waals surface area contributed by atoms with Gasteiger partial charge in [0, 0.05) is 16.6 Å². The fraction of sp³-hybridized carbons (Fsp3) is 0.143. The molecule has 2 aromatic carbocycles. The molecule has 2 aromatic rings. The van der Waals surface area contributed by atoms with E-state index in [4.69, 9.17) is 10.5 Å². The Morgan fingerprint density at radius 2 is 2.00 bits per heavy atom. The van der Waals surface area contributed by atoms with Crippen molar-refractivity contribution in [2.75, 3.05) is 0 Å². The summed E-state index contributed by atoms with van der Waals surface area (Å²) >= 11 is 3.36. The lowest BCUT2D eigenvalue weighted by Crippen LogP contribution is -2.00. The number of nitrogens with two attached hydrogens (primary N) is 1. The van der Waals surface area contributed by atoms with Crippen LogP contribution in [0.3, 0.4) is 0 Å². The van der Waals surface area contributed by atoms with Crippen molar-refractivity contribution in [3.63, 3.8) is 0 Å². The predicted octanol–water partition coefficient (Wildman–Crippen LogP) is 4.15. The Labute approximate surface area is 114 Å². The van der Waals surface area contributed by atoms with Crippen molar-refractivity contribution in [3.05, 3.63) is 57.8 Å². The summed E-state index contributed by atoms with van der Waals surface area (Å²) in [6.45, 7) is 2.04. The number of ether oxygens (including phenoxy) is 1. The minimum absolute atomic E-state index is 0.215. The van der Waals surface area contributed by atoms with Crippen molar-refractivity contribution < 1.29 is 9.13 Å². The zero-order chi connectivity index (χ0) is 13.1. The van der Waals surface area contributed by atoms with Gasteiger partial charge in [0.15, 0.2) is 11.6 Å². The minimum Gasteiger partial charge on any atom is -0.454 e. The molecule has 18 heavy (non-hydrogen) atoms. The summed E-state index contributed by atoms with van der Waals surface area (Å²) in [6, 6.07) is 10.5. The maximum atomic E-state index is 13.8. The van der Waals surface area contributed by atoms with Crippen LogP contribution in [0, 0.1) is 12.7 Å². The summed E-state index contributed by atoms with van der Waals surface area (Å²) in [5, 5.41) is 0. The number of aryl methyl sites for hydroxylation is 1. The molecule has 0 heterocycles. The van der Waals surface area contributed by atoms with Gasteiger partial charge in [0.25, 0.3) is 0 Å². The van der Waals surface area contributed by atoms with Crippen molar-refractivity contribution in [3.8, 4) is 11.5 Å². The van der Waals surface area contributed by atoms with E-state index in [-0.39, 0.29) is 11.6 Å². The van der Waals surface area contributed by atoms with Gasteiger partial charge in [0.05, 0.1) is 0 Å². The average molecular weight is 310 g/mol. The third-order valence-corrected chi connectivity index (χ3v) is 3.11. The second kappa shape index (κ2) is 5.50. The van der Waals surface area contributed by atoms with Crippen LogP contribution in [0.25, 0.3) is 0 Å². The van der Waals surface area contributed by atoms with Gasteiger partial charge in [0.2, 0.25) is 0 Å². The summed E-state index contributed by atoms with van der Waals surface area (Å²) in [7, 11) is 0. The van der Waals surface area contributed by atoms with E-state index in [1.807, 2.05) is 12.1 Å². The molecule has 94 valence electrons. The van der Waals surface area contributed by atoms with E-state index in [1.54, 1.807) is 31.2 Å². The minimum atomic E-state index is -0.344. The largest absolute Gasteiger partial charge is 0.454 e. The Hall–Kier alpha value is -1.39. The lowest BCUT2D eigenvalue weighted by molar-refractivity contribution is 0.435. The van der Waals surface area contributed by atoms with Crippen LogP contribution in [-0.2, 0) is 6.54 Å². The Kier molecular flexibility index (Phi) is 3.99. The topological polar surface area (TPSA) is 35.2 Å². The highest BCUT2D eigenvalue weighted by molar-refractivity contribution is 9.10. The van der Waals surface area contributed by atoms with Crippen LogP contribution in [-0.4, -0.2) is 0 Å². The first-order chi connectivity index (χ1) is 8.61. The molecule has 0 bridgehead atoms. The third kappa shape index (κ3) is 2.71. The van der Waals surface area contributed by atoms with Gasteiger partial charge >= 0.3 is 0 Å². The van der Waals surface area contributed by atoms with Crippen molar-refractivity contribution in [1.82, 2.24) is 0 Å². The summed E-state index contributed by atoms with van der Waals surface area (Å²) in [5.74, 6) is 0.445. The number of rotatable bonds is 3. The molecule has 2 rings (SSSR count). The van der Waals surface area contributed by atoms with Crippen LogP contribution in [0.15, 0.2) is 40.9 Å². The Morgan fingerprint density at radius 3 is 2.72 bits per heavy atom. The number of halogens is 2. The SMILES string of the molecule is Cc1cccc(Oc2ccc(Br)cc2CN)c1F. The molecular formula is C14H13BrFNO. The molecule has 0 fully saturated rings. The molecule has 0 aromatic heterocycles. The molecule has 4 heteroatoms. The molecule has 0 atom stereocenters. The normalized spacial score (nSPS) is 10.4. The summed E-state index contributed by atoms with van der Waals surface area (Å²) in [5.41, 5.74) is 7.03. The Balaban J connectivity index is 2.37. The van der Waals surface area contributed by atoms with E-state index >= 15 is 0 Å². The second-order valence-electron chi connectivity index (χ2n) is 3.95. The maximum Gasteiger partial charge on any atom is 0.168 e. The van der Waals surface area contributed by atoms with Gasteiger partial charge in [0.1, 0.15) is 5.75 Å². The van der Waals surface area contributed by atoms with Gasteiger partial charge in [-0.05, 0) is 36.8 Å². The highest BCUT2D eigenvalue weighted by atomic mass is 79.9. The summed E-state index contributed by atoms with van der Waals surface area (Å²) < 4.78 is 20.3. The maximum absolute atomic E-state index is 13.8. The van der Waals surface area contributed by atoms with Gasteiger partial charge in [-0.1, -0.05) is 28.1 Å². The van der Waals surface area contributed by atoms with E-state index in [9.17, 15) is 4.39 Å². The molecule has 0 unspecified atom stereocenters. The van der Waals surface area contributed by atoms with Gasteiger partial charge < -0.3 is 10.5 Å². The molecule has 0 saturated carbocycles. The number of benzene rings is 2. The van der Waals surface area contributed by atoms with Crippen molar-refractivity contribution >= 4 is 15.9 Å². The van der Waals surface area contributed by atoms with Crippen LogP contribution in [0.1, 0.15) is 11.1 Å². The molecule has 2 N–H and O–H groups in total. The number of hydrogen-bond acceptors (Lipinski definition) is 2. The first-order valence-corrected chi connectivity index (χ1v) is 6.32. The van der Waals surface area contributed by atoms with Gasteiger partial charge in [-0.3, -0.25) is 0 Å². The first kappa shape index (κ1) is 13.1. The molecule has 0 aliphatic rings. The molecule has 0 radical (unpaired) electrons. The van der Waals surface area contributed by atoms with Gasteiger partial charge in [-0.2, -0.15) is 0 Å². The van der Waals surface area contributed by atoms with Crippen molar-refractivity contribution in [1.29, 1.82) is 0 Å². The van der Waals surface area contributed by atoms with E-state index in [2.05, 4.69) is 15.9 Å². The zero-order valence-electron chi connectivity index (χ0n) is 9.91. The van der Waals surface area contributed by atoms with Crippen LogP contribution < -0.4 is 10.5 Å². The van der Waals surface area contributed by atoms with E-state index in [0.717, 1.165) is 10.0 Å². The molecule has 0 saturated heterocycles. The fourth-order valence-corrected chi connectivity index (χ4v) is 2.03. The summed E-state index contributed by atoms with van der Waals surface area (Å²) in [4.78, 5) is 0. The lowest BCUT2D eigenvalue weighted by atomic mass is 10.2.